The largest absolute Gasteiger partial charge is 0.369 e. The molecule has 11 heteroatoms. The van der Waals surface area contributed by atoms with Crippen molar-refractivity contribution in [2.24, 2.45) is 4.99 Å². The van der Waals surface area contributed by atoms with Crippen molar-refractivity contribution in [2.45, 2.75) is 18.9 Å². The SMILES string of the molecule is CN=C(NCCS(=O)(=O)N1CCSCC1)NC1CCCN(c2cccc(F)c2)C1.I. The smallest absolute Gasteiger partial charge is 0.215 e. The number of rotatable bonds is 6. The number of benzene rings is 1. The highest BCUT2D eigenvalue weighted by Crippen LogP contribution is 2.20. The molecule has 0 amide bonds. The second-order valence-electron chi connectivity index (χ2n) is 7.24. The lowest BCUT2D eigenvalue weighted by Crippen LogP contribution is -2.52. The fraction of sp³-hybridized carbons (Fsp3) is 0.632. The lowest BCUT2D eigenvalue weighted by atomic mass is 10.0. The molecular weight excluding hydrogens is 540 g/mol. The van der Waals surface area contributed by atoms with Crippen molar-refractivity contribution in [1.82, 2.24) is 14.9 Å². The van der Waals surface area contributed by atoms with Gasteiger partial charge in [0.05, 0.1) is 5.75 Å². The van der Waals surface area contributed by atoms with Crippen LogP contribution in [0.1, 0.15) is 12.8 Å². The first-order valence-electron chi connectivity index (χ1n) is 10.0. The molecule has 7 nitrogen and oxygen atoms in total. The molecule has 1 aromatic rings. The first kappa shape index (κ1) is 25.5. The van der Waals surface area contributed by atoms with E-state index in [1.54, 1.807) is 35.2 Å². The van der Waals surface area contributed by atoms with Gasteiger partial charge in [0, 0.05) is 63.0 Å². The van der Waals surface area contributed by atoms with Crippen LogP contribution in [0.5, 0.6) is 0 Å². The Morgan fingerprint density at radius 1 is 1.30 bits per heavy atom. The third kappa shape index (κ3) is 7.41. The van der Waals surface area contributed by atoms with E-state index in [9.17, 15) is 12.8 Å². The van der Waals surface area contributed by atoms with E-state index in [1.807, 2.05) is 6.07 Å². The summed E-state index contributed by atoms with van der Waals surface area (Å²) in [6.07, 6.45) is 1.97. The minimum Gasteiger partial charge on any atom is -0.369 e. The van der Waals surface area contributed by atoms with Gasteiger partial charge in [-0.15, -0.1) is 24.0 Å². The maximum Gasteiger partial charge on any atom is 0.215 e. The summed E-state index contributed by atoms with van der Waals surface area (Å²) >= 11 is 1.79. The minimum atomic E-state index is -3.24. The van der Waals surface area contributed by atoms with Crippen LogP contribution in [0.15, 0.2) is 29.3 Å². The number of guanidine groups is 1. The summed E-state index contributed by atoms with van der Waals surface area (Å²) in [7, 11) is -1.56. The lowest BCUT2D eigenvalue weighted by Gasteiger charge is -2.35. The monoisotopic (exact) mass is 571 g/mol. The summed E-state index contributed by atoms with van der Waals surface area (Å²) in [5.41, 5.74) is 0.880. The van der Waals surface area contributed by atoms with Gasteiger partial charge in [0.2, 0.25) is 10.0 Å². The Morgan fingerprint density at radius 3 is 2.77 bits per heavy atom. The topological polar surface area (TPSA) is 77.0 Å². The third-order valence-electron chi connectivity index (χ3n) is 5.18. The van der Waals surface area contributed by atoms with Gasteiger partial charge in [-0.25, -0.2) is 17.1 Å². The fourth-order valence-corrected chi connectivity index (χ4v) is 6.13. The van der Waals surface area contributed by atoms with Gasteiger partial charge in [-0.1, -0.05) is 6.07 Å². The van der Waals surface area contributed by atoms with Crippen LogP contribution in [0.4, 0.5) is 10.1 Å². The number of hydrogen-bond acceptors (Lipinski definition) is 5. The molecular formula is C19H31FIN5O2S2. The van der Waals surface area contributed by atoms with E-state index in [1.165, 1.54) is 6.07 Å². The molecule has 2 aliphatic heterocycles. The maximum atomic E-state index is 13.5. The summed E-state index contributed by atoms with van der Waals surface area (Å²) in [5, 5.41) is 6.50. The number of hydrogen-bond donors (Lipinski definition) is 2. The fourth-order valence-electron chi connectivity index (χ4n) is 3.64. The van der Waals surface area contributed by atoms with Gasteiger partial charge >= 0.3 is 0 Å². The number of aliphatic imine (C=N–C) groups is 1. The van der Waals surface area contributed by atoms with Crippen molar-refractivity contribution in [1.29, 1.82) is 0 Å². The zero-order valence-electron chi connectivity index (χ0n) is 17.2. The molecule has 170 valence electrons. The average Bonchev–Trinajstić information content (AvgIpc) is 2.74. The van der Waals surface area contributed by atoms with Crippen LogP contribution in [-0.4, -0.2) is 81.8 Å². The number of halogens is 2. The van der Waals surface area contributed by atoms with E-state index in [2.05, 4.69) is 20.5 Å². The van der Waals surface area contributed by atoms with E-state index < -0.39 is 10.0 Å². The number of anilines is 1. The lowest BCUT2D eigenvalue weighted by molar-refractivity contribution is 0.443. The van der Waals surface area contributed by atoms with Gasteiger partial charge in [0.1, 0.15) is 5.82 Å². The Labute approximate surface area is 200 Å². The van der Waals surface area contributed by atoms with E-state index in [0.29, 0.717) is 25.6 Å². The van der Waals surface area contributed by atoms with Crippen LogP contribution in [0.25, 0.3) is 0 Å². The van der Waals surface area contributed by atoms with Gasteiger partial charge in [-0.3, -0.25) is 4.99 Å². The predicted molar refractivity (Wildman–Crippen MR) is 134 cm³/mol. The second-order valence-corrected chi connectivity index (χ2v) is 10.5. The molecule has 2 N–H and O–H groups in total. The quantitative estimate of drug-likeness (QED) is 0.309. The number of nitrogens with one attached hydrogen (secondary N) is 2. The maximum absolute atomic E-state index is 13.5. The highest BCUT2D eigenvalue weighted by Gasteiger charge is 2.24. The number of nitrogens with zero attached hydrogens (tertiary/aromatic N) is 3. The van der Waals surface area contributed by atoms with Crippen LogP contribution in [0.2, 0.25) is 0 Å². The molecule has 1 unspecified atom stereocenters. The number of piperidine rings is 1. The minimum absolute atomic E-state index is 0. The van der Waals surface area contributed by atoms with Gasteiger partial charge in [-0.05, 0) is 31.0 Å². The highest BCUT2D eigenvalue weighted by molar-refractivity contribution is 14.0. The van der Waals surface area contributed by atoms with Crippen LogP contribution in [0.3, 0.4) is 0 Å². The molecule has 2 heterocycles. The van der Waals surface area contributed by atoms with Crippen molar-refractivity contribution in [3.05, 3.63) is 30.1 Å². The molecule has 0 radical (unpaired) electrons. The van der Waals surface area contributed by atoms with E-state index in [4.69, 9.17) is 0 Å². The van der Waals surface area contributed by atoms with Crippen molar-refractivity contribution < 1.29 is 12.8 Å². The molecule has 3 rings (SSSR count). The molecule has 0 spiro atoms. The van der Waals surface area contributed by atoms with E-state index in [-0.39, 0.29) is 41.6 Å². The van der Waals surface area contributed by atoms with E-state index in [0.717, 1.165) is 43.1 Å². The Hall–Kier alpha value is -0.790. The Balaban J connectivity index is 0.00000320. The number of thioether (sulfide) groups is 1. The highest BCUT2D eigenvalue weighted by atomic mass is 127. The zero-order valence-corrected chi connectivity index (χ0v) is 21.2. The molecule has 2 aliphatic rings. The Bertz CT molecular complexity index is 806. The third-order valence-corrected chi connectivity index (χ3v) is 7.99. The molecule has 0 saturated carbocycles. The molecule has 0 aromatic heterocycles. The average molecular weight is 572 g/mol. The summed E-state index contributed by atoms with van der Waals surface area (Å²) in [6.45, 7) is 3.13. The molecule has 1 aromatic carbocycles. The van der Waals surface area contributed by atoms with Gasteiger partial charge in [-0.2, -0.15) is 11.8 Å². The van der Waals surface area contributed by atoms with Crippen molar-refractivity contribution >= 4 is 57.4 Å². The first-order chi connectivity index (χ1) is 14.0. The summed E-state index contributed by atoms with van der Waals surface area (Å²) < 4.78 is 40.0. The van der Waals surface area contributed by atoms with Crippen LogP contribution in [-0.2, 0) is 10.0 Å². The summed E-state index contributed by atoms with van der Waals surface area (Å²) in [6, 6.07) is 6.81. The molecule has 0 bridgehead atoms. The van der Waals surface area contributed by atoms with Gasteiger partial charge in [0.15, 0.2) is 5.96 Å². The van der Waals surface area contributed by atoms with Gasteiger partial charge < -0.3 is 15.5 Å². The van der Waals surface area contributed by atoms with Crippen LogP contribution < -0.4 is 15.5 Å². The first-order valence-corrected chi connectivity index (χ1v) is 12.8. The number of sulfonamides is 1. The van der Waals surface area contributed by atoms with Crippen LogP contribution >= 0.6 is 35.7 Å². The van der Waals surface area contributed by atoms with Crippen molar-refractivity contribution in [3.8, 4) is 0 Å². The van der Waals surface area contributed by atoms with Crippen molar-refractivity contribution in [2.75, 3.05) is 61.9 Å². The zero-order chi connectivity index (χ0) is 20.7. The Morgan fingerprint density at radius 2 is 2.07 bits per heavy atom. The molecule has 0 aliphatic carbocycles. The summed E-state index contributed by atoms with van der Waals surface area (Å²) in [5.74, 6) is 2.14. The molecule has 30 heavy (non-hydrogen) atoms. The molecule has 1 atom stereocenters. The second kappa shape index (κ2) is 12.3. The Kier molecular flexibility index (Phi) is 10.4. The normalized spacial score (nSPS) is 21.1. The van der Waals surface area contributed by atoms with Gasteiger partial charge in [0.25, 0.3) is 0 Å². The van der Waals surface area contributed by atoms with Crippen molar-refractivity contribution in [3.63, 3.8) is 0 Å². The molecule has 2 saturated heterocycles. The molecule has 2 fully saturated rings. The summed E-state index contributed by atoms with van der Waals surface area (Å²) in [4.78, 5) is 6.39. The predicted octanol–water partition coefficient (Wildman–Crippen LogP) is 1.96. The van der Waals surface area contributed by atoms with E-state index >= 15 is 0 Å². The van der Waals surface area contributed by atoms with Crippen LogP contribution in [0, 0.1) is 5.82 Å². The standard InChI is InChI=1S/C19H30FN5O2S2.HI/c1-21-19(22-7-13-29(26,27)25-9-11-28-12-10-25)23-17-5-3-8-24(15-17)18-6-2-4-16(20)14-18;/h2,4,6,14,17H,3,5,7-13,15H2,1H3,(H2,21,22,23);1H.